The number of rotatable bonds is 7. The van der Waals surface area contributed by atoms with E-state index in [1.165, 1.54) is 16.4 Å². The summed E-state index contributed by atoms with van der Waals surface area (Å²) in [6, 6.07) is 9.31. The number of hydrogen-bond acceptors (Lipinski definition) is 8. The first-order valence-corrected chi connectivity index (χ1v) is 12.2. The number of aryl methyl sites for hydroxylation is 1. The van der Waals surface area contributed by atoms with Crippen LogP contribution in [-0.4, -0.2) is 64.3 Å². The van der Waals surface area contributed by atoms with Gasteiger partial charge in [-0.3, -0.25) is 4.79 Å². The molecule has 182 valence electrons. The predicted octanol–water partition coefficient (Wildman–Crippen LogP) is 1.78. The number of carbonyl (C=O) groups excluding carboxylic acids is 2. The third kappa shape index (κ3) is 5.16. The Labute approximate surface area is 197 Å². The van der Waals surface area contributed by atoms with Crippen LogP contribution in [0.4, 0.5) is 0 Å². The number of benzene rings is 2. The third-order valence-corrected chi connectivity index (χ3v) is 7.66. The molecule has 0 bridgehead atoms. The largest absolute Gasteiger partial charge is 0.454 e. The van der Waals surface area contributed by atoms with Crippen molar-refractivity contribution in [1.29, 1.82) is 0 Å². The van der Waals surface area contributed by atoms with Crippen molar-refractivity contribution in [3.05, 3.63) is 53.1 Å². The normalized spacial score (nSPS) is 16.6. The van der Waals surface area contributed by atoms with Crippen molar-refractivity contribution in [2.24, 2.45) is 0 Å². The maximum Gasteiger partial charge on any atom is 0.338 e. The highest BCUT2D eigenvalue weighted by Gasteiger charge is 2.28. The first-order valence-electron chi connectivity index (χ1n) is 10.8. The van der Waals surface area contributed by atoms with Gasteiger partial charge >= 0.3 is 5.97 Å². The van der Waals surface area contributed by atoms with E-state index in [0.717, 1.165) is 5.56 Å². The third-order valence-electron chi connectivity index (χ3n) is 5.62. The van der Waals surface area contributed by atoms with E-state index in [-0.39, 0.29) is 36.4 Å². The summed E-state index contributed by atoms with van der Waals surface area (Å²) in [6.45, 7) is 4.24. The van der Waals surface area contributed by atoms with Crippen LogP contribution < -0.4 is 14.8 Å². The zero-order valence-electron chi connectivity index (χ0n) is 18.9. The molecule has 1 amide bonds. The minimum absolute atomic E-state index is 0.0322. The summed E-state index contributed by atoms with van der Waals surface area (Å²) >= 11 is 0. The van der Waals surface area contributed by atoms with E-state index < -0.39 is 28.5 Å². The summed E-state index contributed by atoms with van der Waals surface area (Å²) in [5.74, 6) is -0.0346. The van der Waals surface area contributed by atoms with Gasteiger partial charge in [0.2, 0.25) is 16.8 Å². The second-order valence-corrected chi connectivity index (χ2v) is 9.88. The molecule has 2 aromatic rings. The monoisotopic (exact) mass is 490 g/mol. The summed E-state index contributed by atoms with van der Waals surface area (Å²) in [5, 5.41) is 2.76. The number of fused-ring (bicyclic) bond motifs is 1. The lowest BCUT2D eigenvalue weighted by molar-refractivity contribution is -0.124. The molecule has 0 aliphatic carbocycles. The minimum Gasteiger partial charge on any atom is -0.454 e. The molecular weight excluding hydrogens is 464 g/mol. The molecule has 11 heteroatoms. The molecule has 34 heavy (non-hydrogen) atoms. The molecule has 0 saturated carbocycles. The lowest BCUT2D eigenvalue weighted by Gasteiger charge is -2.26. The van der Waals surface area contributed by atoms with E-state index in [0.29, 0.717) is 30.3 Å². The Hall–Kier alpha value is -3.15. The molecule has 10 nitrogen and oxygen atoms in total. The first kappa shape index (κ1) is 24.0. The Balaban J connectivity index is 1.37. The SMILES string of the molecule is Cc1ccc(C(=O)OCC(=O)NC(C)c2ccc3c(c2)OCO3)cc1S(=O)(=O)N1CCOCC1. The molecule has 1 unspecified atom stereocenters. The summed E-state index contributed by atoms with van der Waals surface area (Å²) in [6.07, 6.45) is 0. The van der Waals surface area contributed by atoms with Crippen LogP contribution in [0.15, 0.2) is 41.3 Å². The number of esters is 1. The number of hydrogen-bond donors (Lipinski definition) is 1. The fourth-order valence-corrected chi connectivity index (χ4v) is 5.35. The number of nitrogens with zero attached hydrogens (tertiary/aromatic N) is 1. The zero-order chi connectivity index (χ0) is 24.3. The molecule has 2 heterocycles. The molecular formula is C23H26N2O8S. The van der Waals surface area contributed by atoms with Gasteiger partial charge in [0.15, 0.2) is 18.1 Å². The zero-order valence-corrected chi connectivity index (χ0v) is 19.7. The van der Waals surface area contributed by atoms with Gasteiger partial charge in [0.05, 0.1) is 29.7 Å². The Morgan fingerprint density at radius 3 is 2.59 bits per heavy atom. The predicted molar refractivity (Wildman–Crippen MR) is 120 cm³/mol. The van der Waals surface area contributed by atoms with Crippen LogP contribution in [0.2, 0.25) is 0 Å². The number of ether oxygens (including phenoxy) is 4. The smallest absolute Gasteiger partial charge is 0.338 e. The van der Waals surface area contributed by atoms with Gasteiger partial charge in [-0.25, -0.2) is 13.2 Å². The summed E-state index contributed by atoms with van der Waals surface area (Å²) in [5.41, 5.74) is 1.37. The van der Waals surface area contributed by atoms with Crippen molar-refractivity contribution < 1.29 is 37.0 Å². The summed E-state index contributed by atoms with van der Waals surface area (Å²) < 4.78 is 48.3. The number of sulfonamides is 1. The van der Waals surface area contributed by atoms with Crippen LogP contribution >= 0.6 is 0 Å². The van der Waals surface area contributed by atoms with Gasteiger partial charge in [-0.2, -0.15) is 4.31 Å². The molecule has 4 rings (SSSR count). The number of morpholine rings is 1. The molecule has 1 atom stereocenters. The van der Waals surface area contributed by atoms with Gasteiger partial charge in [0, 0.05) is 13.1 Å². The lowest BCUT2D eigenvalue weighted by Crippen LogP contribution is -2.40. The van der Waals surface area contributed by atoms with Crippen molar-refractivity contribution in [2.45, 2.75) is 24.8 Å². The topological polar surface area (TPSA) is 120 Å². The highest BCUT2D eigenvalue weighted by molar-refractivity contribution is 7.89. The van der Waals surface area contributed by atoms with Crippen LogP contribution in [0.5, 0.6) is 11.5 Å². The number of amides is 1. The second-order valence-electron chi connectivity index (χ2n) is 7.97. The van der Waals surface area contributed by atoms with Crippen molar-refractivity contribution in [3.63, 3.8) is 0 Å². The highest BCUT2D eigenvalue weighted by Crippen LogP contribution is 2.34. The maximum absolute atomic E-state index is 13.0. The van der Waals surface area contributed by atoms with Crippen molar-refractivity contribution in [2.75, 3.05) is 39.7 Å². The summed E-state index contributed by atoms with van der Waals surface area (Å²) in [4.78, 5) is 24.9. The Kier molecular flexibility index (Phi) is 7.05. The molecule has 2 aliphatic heterocycles. The lowest BCUT2D eigenvalue weighted by atomic mass is 10.1. The van der Waals surface area contributed by atoms with Gasteiger partial charge in [-0.1, -0.05) is 12.1 Å². The van der Waals surface area contributed by atoms with E-state index in [4.69, 9.17) is 18.9 Å². The standard InChI is InChI=1S/C23H26N2O8S/c1-15-3-4-18(12-21(15)34(28,29)25-7-9-30-10-8-25)23(27)31-13-22(26)24-16(2)17-5-6-19-20(11-17)33-14-32-19/h3-6,11-12,16H,7-10,13-14H2,1-2H3,(H,24,26). The maximum atomic E-state index is 13.0. The van der Waals surface area contributed by atoms with E-state index >= 15 is 0 Å². The molecule has 1 fully saturated rings. The average Bonchev–Trinajstić information content (AvgIpc) is 3.31. The molecule has 0 spiro atoms. The van der Waals surface area contributed by atoms with Crippen LogP contribution in [0.25, 0.3) is 0 Å². The van der Waals surface area contributed by atoms with Crippen LogP contribution in [-0.2, 0) is 24.3 Å². The fraction of sp³-hybridized carbons (Fsp3) is 0.391. The molecule has 0 radical (unpaired) electrons. The van der Waals surface area contributed by atoms with Crippen LogP contribution in [0, 0.1) is 6.92 Å². The van der Waals surface area contributed by atoms with E-state index in [9.17, 15) is 18.0 Å². The molecule has 2 aromatic carbocycles. The van der Waals surface area contributed by atoms with Crippen LogP contribution in [0.3, 0.4) is 0 Å². The fourth-order valence-electron chi connectivity index (χ4n) is 3.69. The Morgan fingerprint density at radius 1 is 1.09 bits per heavy atom. The van der Waals surface area contributed by atoms with E-state index in [1.807, 2.05) is 6.07 Å². The van der Waals surface area contributed by atoms with Crippen molar-refractivity contribution in [3.8, 4) is 11.5 Å². The van der Waals surface area contributed by atoms with Crippen LogP contribution in [0.1, 0.15) is 34.5 Å². The average molecular weight is 491 g/mol. The van der Waals surface area contributed by atoms with Crippen molar-refractivity contribution >= 4 is 21.9 Å². The summed E-state index contributed by atoms with van der Waals surface area (Å²) in [7, 11) is -3.78. The first-order chi connectivity index (χ1) is 16.3. The Bertz CT molecular complexity index is 1190. The molecule has 1 saturated heterocycles. The van der Waals surface area contributed by atoms with Gasteiger partial charge in [-0.15, -0.1) is 0 Å². The number of nitrogens with one attached hydrogen (secondary N) is 1. The Morgan fingerprint density at radius 2 is 1.82 bits per heavy atom. The van der Waals surface area contributed by atoms with Gasteiger partial charge < -0.3 is 24.3 Å². The van der Waals surface area contributed by atoms with Gasteiger partial charge in [0.1, 0.15) is 0 Å². The molecule has 0 aromatic heterocycles. The highest BCUT2D eigenvalue weighted by atomic mass is 32.2. The second kappa shape index (κ2) is 10.00. The van der Waals surface area contributed by atoms with E-state index in [1.54, 1.807) is 32.0 Å². The van der Waals surface area contributed by atoms with Crippen molar-refractivity contribution in [1.82, 2.24) is 9.62 Å². The van der Waals surface area contributed by atoms with E-state index in [2.05, 4.69) is 5.32 Å². The number of carbonyl (C=O) groups is 2. The quantitative estimate of drug-likeness (QED) is 0.583. The molecule has 2 aliphatic rings. The minimum atomic E-state index is -3.78. The van der Waals surface area contributed by atoms with Gasteiger partial charge in [0.25, 0.3) is 5.91 Å². The molecule has 1 N–H and O–H groups in total. The van der Waals surface area contributed by atoms with Gasteiger partial charge in [-0.05, 0) is 49.2 Å².